The summed E-state index contributed by atoms with van der Waals surface area (Å²) in [7, 11) is 3.16. The number of furan rings is 1. The molecule has 12 heteroatoms. The molecule has 1 N–H and O–H groups in total. The minimum absolute atomic E-state index is 0.257. The van der Waals surface area contributed by atoms with Crippen molar-refractivity contribution in [2.45, 2.75) is 6.61 Å². The molecule has 6 rings (SSSR count). The summed E-state index contributed by atoms with van der Waals surface area (Å²) in [6, 6.07) is 16.4. The molecule has 0 aliphatic rings. The van der Waals surface area contributed by atoms with Crippen LogP contribution in [0.2, 0.25) is 0 Å². The van der Waals surface area contributed by atoms with Crippen LogP contribution in [0, 0.1) is 0 Å². The molecular formula is C27H20BrN5O5S. The molecule has 0 bridgehead atoms. The number of hydrogen-bond donors (Lipinski definition) is 1. The summed E-state index contributed by atoms with van der Waals surface area (Å²) in [6.45, 7) is 0.257. The average molecular weight is 606 g/mol. The van der Waals surface area contributed by atoms with Gasteiger partial charge in [-0.1, -0.05) is 12.1 Å². The number of carbonyl (C=O) groups excluding carboxylic acids is 1. The van der Waals surface area contributed by atoms with Gasteiger partial charge in [0.25, 0.3) is 11.1 Å². The number of carbonyl (C=O) groups is 1. The van der Waals surface area contributed by atoms with Gasteiger partial charge < -0.3 is 23.9 Å². The van der Waals surface area contributed by atoms with E-state index < -0.39 is 0 Å². The Hall–Kier alpha value is -4.42. The Kier molecular flexibility index (Phi) is 6.63. The number of hydrogen-bond acceptors (Lipinski definition) is 9. The number of fused-ring (bicyclic) bond motifs is 2. The molecule has 0 saturated carbocycles. The van der Waals surface area contributed by atoms with Gasteiger partial charge in [0.05, 0.1) is 25.8 Å². The van der Waals surface area contributed by atoms with Crippen LogP contribution in [0.25, 0.3) is 27.4 Å². The maximum Gasteiger partial charge on any atom is 0.294 e. The first-order valence-corrected chi connectivity index (χ1v) is 13.3. The zero-order chi connectivity index (χ0) is 26.9. The highest BCUT2D eigenvalue weighted by atomic mass is 79.9. The molecule has 0 fully saturated rings. The Balaban J connectivity index is 1.23. The number of ether oxygens (including phenoxy) is 3. The quantitative estimate of drug-likeness (QED) is 0.218. The van der Waals surface area contributed by atoms with Crippen LogP contribution in [0.3, 0.4) is 0 Å². The molecule has 2 aromatic carbocycles. The lowest BCUT2D eigenvalue weighted by atomic mass is 10.2. The highest BCUT2D eigenvalue weighted by Gasteiger charge is 2.17. The summed E-state index contributed by atoms with van der Waals surface area (Å²) < 4.78 is 25.4. The SMILES string of the molecule is COc1cc(OCc2cccc(NC(=O)c3ccc(Br)cn3)c2)c2cc(-c3cn4nc(OC)sc4n3)oc2c1. The maximum atomic E-state index is 12.6. The predicted molar refractivity (Wildman–Crippen MR) is 150 cm³/mol. The summed E-state index contributed by atoms with van der Waals surface area (Å²) in [5.74, 6) is 1.46. The van der Waals surface area contributed by atoms with Crippen LogP contribution in [0.4, 0.5) is 5.69 Å². The van der Waals surface area contributed by atoms with Crippen LogP contribution in [0.15, 0.2) is 75.9 Å². The third kappa shape index (κ3) is 5.16. The van der Waals surface area contributed by atoms with Crippen molar-refractivity contribution < 1.29 is 23.4 Å². The third-order valence-electron chi connectivity index (χ3n) is 5.80. The number of amides is 1. The number of imidazole rings is 1. The largest absolute Gasteiger partial charge is 0.496 e. The van der Waals surface area contributed by atoms with Crippen molar-refractivity contribution in [1.29, 1.82) is 0 Å². The lowest BCUT2D eigenvalue weighted by Gasteiger charge is -2.11. The highest BCUT2D eigenvalue weighted by Crippen LogP contribution is 2.37. The smallest absolute Gasteiger partial charge is 0.294 e. The molecule has 4 aromatic heterocycles. The molecule has 0 saturated heterocycles. The second-order valence-corrected chi connectivity index (χ2v) is 10.2. The van der Waals surface area contributed by atoms with Crippen molar-refractivity contribution in [2.75, 3.05) is 19.5 Å². The lowest BCUT2D eigenvalue weighted by Crippen LogP contribution is -2.13. The number of anilines is 1. The molecule has 0 aliphatic carbocycles. The normalized spacial score (nSPS) is 11.2. The van der Waals surface area contributed by atoms with Gasteiger partial charge in [0.2, 0.25) is 4.96 Å². The first-order chi connectivity index (χ1) is 19.0. The van der Waals surface area contributed by atoms with E-state index in [9.17, 15) is 4.79 Å². The molecule has 1 amide bonds. The summed E-state index contributed by atoms with van der Waals surface area (Å²) in [6.07, 6.45) is 3.37. The molecule has 0 atom stereocenters. The molecule has 196 valence electrons. The highest BCUT2D eigenvalue weighted by molar-refractivity contribution is 9.10. The van der Waals surface area contributed by atoms with Gasteiger partial charge in [0.15, 0.2) is 5.76 Å². The number of rotatable bonds is 8. The van der Waals surface area contributed by atoms with Crippen molar-refractivity contribution >= 4 is 54.8 Å². The van der Waals surface area contributed by atoms with Crippen LogP contribution in [0.5, 0.6) is 16.7 Å². The predicted octanol–water partition coefficient (Wildman–Crippen LogP) is 6.21. The Morgan fingerprint density at radius 2 is 2.03 bits per heavy atom. The van der Waals surface area contributed by atoms with Crippen molar-refractivity contribution in [1.82, 2.24) is 19.6 Å². The minimum Gasteiger partial charge on any atom is -0.496 e. The van der Waals surface area contributed by atoms with Gasteiger partial charge in [0.1, 0.15) is 35.1 Å². The van der Waals surface area contributed by atoms with E-state index in [0.29, 0.717) is 50.1 Å². The van der Waals surface area contributed by atoms with E-state index in [1.165, 1.54) is 11.3 Å². The number of nitrogens with zero attached hydrogens (tertiary/aromatic N) is 4. The molecule has 39 heavy (non-hydrogen) atoms. The maximum absolute atomic E-state index is 12.6. The third-order valence-corrected chi connectivity index (χ3v) is 7.15. The lowest BCUT2D eigenvalue weighted by molar-refractivity contribution is 0.102. The van der Waals surface area contributed by atoms with Crippen molar-refractivity contribution in [2.24, 2.45) is 0 Å². The number of benzene rings is 2. The zero-order valence-corrected chi connectivity index (χ0v) is 23.1. The van der Waals surface area contributed by atoms with E-state index in [1.807, 2.05) is 36.4 Å². The van der Waals surface area contributed by atoms with E-state index in [2.05, 4.69) is 36.3 Å². The van der Waals surface area contributed by atoms with E-state index in [4.69, 9.17) is 18.6 Å². The fourth-order valence-corrected chi connectivity index (χ4v) is 4.87. The first kappa shape index (κ1) is 24.9. The molecule has 0 aliphatic heterocycles. The van der Waals surface area contributed by atoms with Crippen LogP contribution in [0.1, 0.15) is 16.1 Å². The second-order valence-electron chi connectivity index (χ2n) is 8.38. The van der Waals surface area contributed by atoms with Crippen molar-refractivity contribution in [3.63, 3.8) is 0 Å². The number of aromatic nitrogens is 4. The number of halogens is 1. The summed E-state index contributed by atoms with van der Waals surface area (Å²) in [4.78, 5) is 22.0. The van der Waals surface area contributed by atoms with Gasteiger partial charge >= 0.3 is 0 Å². The second kappa shape index (κ2) is 10.4. The number of nitrogens with one attached hydrogen (secondary N) is 1. The van der Waals surface area contributed by atoms with Crippen LogP contribution in [-0.2, 0) is 6.61 Å². The fourth-order valence-electron chi connectivity index (χ4n) is 3.93. The minimum atomic E-state index is -0.297. The van der Waals surface area contributed by atoms with E-state index in [0.717, 1.165) is 15.4 Å². The zero-order valence-electron chi connectivity index (χ0n) is 20.7. The molecule has 6 aromatic rings. The Bertz CT molecular complexity index is 1780. The van der Waals surface area contributed by atoms with Gasteiger partial charge in [-0.15, -0.1) is 5.10 Å². The van der Waals surface area contributed by atoms with Crippen LogP contribution >= 0.6 is 27.3 Å². The Morgan fingerprint density at radius 1 is 1.13 bits per heavy atom. The van der Waals surface area contributed by atoms with Crippen LogP contribution in [-0.4, -0.2) is 39.7 Å². The average Bonchev–Trinajstić information content (AvgIpc) is 3.65. The topological polar surface area (TPSA) is 113 Å². The fraction of sp³-hybridized carbons (Fsp3) is 0.111. The molecule has 0 spiro atoms. The molecule has 4 heterocycles. The molecule has 0 radical (unpaired) electrons. The standard InChI is InChI=1S/C27H20BrN5O5S/c1-35-18-9-22(19-11-24(38-23(19)10-18)21-13-33-26(31-21)39-27(32-33)36-2)37-14-15-4-3-5-17(8-15)30-25(34)20-7-6-16(28)12-29-20/h3-13H,14H2,1-2H3,(H,30,34). The summed E-state index contributed by atoms with van der Waals surface area (Å²) in [5, 5.41) is 8.50. The van der Waals surface area contributed by atoms with Gasteiger partial charge in [-0.05, 0) is 63.2 Å². The van der Waals surface area contributed by atoms with Crippen LogP contribution < -0.4 is 19.5 Å². The van der Waals surface area contributed by atoms with Gasteiger partial charge in [-0.25, -0.2) is 14.5 Å². The van der Waals surface area contributed by atoms with E-state index >= 15 is 0 Å². The van der Waals surface area contributed by atoms with Gasteiger partial charge in [-0.2, -0.15) is 0 Å². The van der Waals surface area contributed by atoms with Gasteiger partial charge in [0, 0.05) is 28.5 Å². The van der Waals surface area contributed by atoms with E-state index in [-0.39, 0.29) is 12.5 Å². The van der Waals surface area contributed by atoms with Crippen molar-refractivity contribution in [3.8, 4) is 28.1 Å². The van der Waals surface area contributed by atoms with Gasteiger partial charge in [-0.3, -0.25) is 4.79 Å². The number of methoxy groups -OCH3 is 2. The Morgan fingerprint density at radius 3 is 2.79 bits per heavy atom. The first-order valence-electron chi connectivity index (χ1n) is 11.7. The summed E-state index contributed by atoms with van der Waals surface area (Å²) >= 11 is 4.66. The molecular weight excluding hydrogens is 586 g/mol. The van der Waals surface area contributed by atoms with E-state index in [1.54, 1.807) is 49.3 Å². The summed E-state index contributed by atoms with van der Waals surface area (Å²) in [5.41, 5.74) is 3.06. The monoisotopic (exact) mass is 605 g/mol. The molecule has 10 nitrogen and oxygen atoms in total. The van der Waals surface area contributed by atoms with Crippen molar-refractivity contribution in [3.05, 3.63) is 82.7 Å². The molecule has 0 unspecified atom stereocenters. The number of pyridine rings is 1. The Labute approximate surface area is 234 Å².